The van der Waals surface area contributed by atoms with Crippen molar-refractivity contribution in [2.24, 2.45) is 0 Å². The van der Waals surface area contributed by atoms with E-state index in [1.54, 1.807) is 19.1 Å². The molecule has 0 aliphatic rings. The zero-order valence-electron chi connectivity index (χ0n) is 15.7. The quantitative estimate of drug-likeness (QED) is 0.814. The Morgan fingerprint density at radius 3 is 2.42 bits per heavy atom. The number of sulfonamides is 1. The molecule has 2 rings (SSSR count). The van der Waals surface area contributed by atoms with E-state index in [0.29, 0.717) is 5.69 Å². The summed E-state index contributed by atoms with van der Waals surface area (Å²) in [7, 11) is -0.610. The van der Waals surface area contributed by atoms with E-state index in [1.165, 1.54) is 26.2 Å². The number of nitrogens with one attached hydrogen (secondary N) is 2. The molecular formula is C19H25N3O3S. The maximum Gasteiger partial charge on any atom is 0.246 e. The highest BCUT2D eigenvalue weighted by atomic mass is 32.2. The third-order valence-corrected chi connectivity index (χ3v) is 5.85. The van der Waals surface area contributed by atoms with Gasteiger partial charge in [0, 0.05) is 25.5 Å². The molecule has 0 spiro atoms. The normalized spacial score (nSPS) is 12.7. The number of carbonyl (C=O) groups is 1. The van der Waals surface area contributed by atoms with Crippen LogP contribution in [0.1, 0.15) is 18.1 Å². The first-order valence-corrected chi connectivity index (χ1v) is 9.72. The Morgan fingerprint density at radius 2 is 1.77 bits per heavy atom. The Morgan fingerprint density at radius 1 is 1.08 bits per heavy atom. The Hall–Kier alpha value is -2.38. The lowest BCUT2D eigenvalue weighted by Crippen LogP contribution is -2.32. The predicted octanol–water partition coefficient (Wildman–Crippen LogP) is 2.99. The molecule has 0 radical (unpaired) electrons. The van der Waals surface area contributed by atoms with Crippen molar-refractivity contribution < 1.29 is 13.2 Å². The van der Waals surface area contributed by atoms with Gasteiger partial charge in [0.05, 0.1) is 4.90 Å². The zero-order valence-corrected chi connectivity index (χ0v) is 16.5. The molecular weight excluding hydrogens is 350 g/mol. The molecule has 0 aliphatic carbocycles. The van der Waals surface area contributed by atoms with E-state index in [9.17, 15) is 13.2 Å². The van der Waals surface area contributed by atoms with Gasteiger partial charge in [0.25, 0.3) is 0 Å². The lowest BCUT2D eigenvalue weighted by molar-refractivity contribution is -0.116. The van der Waals surface area contributed by atoms with Gasteiger partial charge >= 0.3 is 0 Å². The second kappa shape index (κ2) is 7.88. The van der Waals surface area contributed by atoms with Crippen molar-refractivity contribution in [1.82, 2.24) is 4.31 Å². The highest BCUT2D eigenvalue weighted by Gasteiger charge is 2.19. The SMILES string of the molecule is Cc1ccc(C)c(NC(C)C(=O)Nc2cccc(S(=O)(=O)N(C)C)c2)c1. The fourth-order valence-corrected chi connectivity index (χ4v) is 3.33. The van der Waals surface area contributed by atoms with Crippen LogP contribution in [0.25, 0.3) is 0 Å². The van der Waals surface area contributed by atoms with Gasteiger partial charge in [0.1, 0.15) is 6.04 Å². The first-order chi connectivity index (χ1) is 12.1. The summed E-state index contributed by atoms with van der Waals surface area (Å²) in [5.74, 6) is -0.245. The van der Waals surface area contributed by atoms with Gasteiger partial charge in [-0.1, -0.05) is 18.2 Å². The van der Waals surface area contributed by atoms with Crippen molar-refractivity contribution >= 4 is 27.3 Å². The Balaban J connectivity index is 2.13. The lowest BCUT2D eigenvalue weighted by Gasteiger charge is -2.18. The Kier molecular flexibility index (Phi) is 6.05. The highest BCUT2D eigenvalue weighted by Crippen LogP contribution is 2.20. The summed E-state index contributed by atoms with van der Waals surface area (Å²) in [4.78, 5) is 12.6. The van der Waals surface area contributed by atoms with Crippen LogP contribution in [-0.4, -0.2) is 38.8 Å². The summed E-state index contributed by atoms with van der Waals surface area (Å²) in [5.41, 5.74) is 3.49. The molecule has 2 N–H and O–H groups in total. The minimum atomic E-state index is -3.55. The van der Waals surface area contributed by atoms with Gasteiger partial charge in [0.2, 0.25) is 15.9 Å². The predicted molar refractivity (Wildman–Crippen MR) is 105 cm³/mol. The Labute approximate surface area is 155 Å². The number of amides is 1. The molecule has 0 aliphatic heterocycles. The van der Waals surface area contributed by atoms with E-state index in [4.69, 9.17) is 0 Å². The smallest absolute Gasteiger partial charge is 0.246 e. The molecule has 0 saturated heterocycles. The third-order valence-electron chi connectivity index (χ3n) is 4.04. The molecule has 1 unspecified atom stereocenters. The number of anilines is 2. The molecule has 0 aromatic heterocycles. The summed E-state index contributed by atoms with van der Waals surface area (Å²) in [5, 5.41) is 5.96. The maximum absolute atomic E-state index is 12.5. The van der Waals surface area contributed by atoms with Gasteiger partial charge < -0.3 is 10.6 Å². The van der Waals surface area contributed by atoms with E-state index in [0.717, 1.165) is 21.1 Å². The molecule has 7 heteroatoms. The van der Waals surface area contributed by atoms with Crippen LogP contribution in [0.15, 0.2) is 47.4 Å². The topological polar surface area (TPSA) is 78.5 Å². The number of rotatable bonds is 6. The van der Waals surface area contributed by atoms with E-state index in [1.807, 2.05) is 32.0 Å². The number of nitrogens with zero attached hydrogens (tertiary/aromatic N) is 1. The first-order valence-electron chi connectivity index (χ1n) is 8.28. The molecule has 2 aromatic rings. The van der Waals surface area contributed by atoms with Gasteiger partial charge in [-0.15, -0.1) is 0 Å². The van der Waals surface area contributed by atoms with Crippen LogP contribution in [0, 0.1) is 13.8 Å². The van der Waals surface area contributed by atoms with E-state index in [2.05, 4.69) is 10.6 Å². The largest absolute Gasteiger partial charge is 0.374 e. The van der Waals surface area contributed by atoms with Crippen LogP contribution in [-0.2, 0) is 14.8 Å². The van der Waals surface area contributed by atoms with Crippen molar-refractivity contribution in [3.63, 3.8) is 0 Å². The number of hydrogen-bond acceptors (Lipinski definition) is 4. The fourth-order valence-electron chi connectivity index (χ4n) is 2.39. The average molecular weight is 375 g/mol. The van der Waals surface area contributed by atoms with E-state index in [-0.39, 0.29) is 10.8 Å². The van der Waals surface area contributed by atoms with Gasteiger partial charge in [-0.05, 0) is 56.2 Å². The second-order valence-electron chi connectivity index (χ2n) is 6.49. The Bertz CT molecular complexity index is 908. The van der Waals surface area contributed by atoms with Crippen LogP contribution in [0.4, 0.5) is 11.4 Å². The summed E-state index contributed by atoms with van der Waals surface area (Å²) < 4.78 is 25.6. The minimum absolute atomic E-state index is 0.135. The van der Waals surface area contributed by atoms with Crippen LogP contribution in [0.5, 0.6) is 0 Å². The summed E-state index contributed by atoms with van der Waals surface area (Å²) in [6, 6.07) is 11.8. The monoisotopic (exact) mass is 375 g/mol. The van der Waals surface area contributed by atoms with E-state index >= 15 is 0 Å². The van der Waals surface area contributed by atoms with Gasteiger partial charge in [0.15, 0.2) is 0 Å². The average Bonchev–Trinajstić information content (AvgIpc) is 2.58. The molecule has 26 heavy (non-hydrogen) atoms. The molecule has 140 valence electrons. The summed E-state index contributed by atoms with van der Waals surface area (Å²) in [6.45, 7) is 5.73. The number of hydrogen-bond donors (Lipinski definition) is 2. The number of benzene rings is 2. The molecule has 0 saturated carbocycles. The molecule has 0 fully saturated rings. The van der Waals surface area contributed by atoms with Crippen molar-refractivity contribution in [2.75, 3.05) is 24.7 Å². The van der Waals surface area contributed by atoms with Gasteiger partial charge in [-0.2, -0.15) is 0 Å². The molecule has 2 aromatic carbocycles. The van der Waals surface area contributed by atoms with Crippen molar-refractivity contribution in [3.8, 4) is 0 Å². The second-order valence-corrected chi connectivity index (χ2v) is 8.64. The maximum atomic E-state index is 12.5. The molecule has 1 atom stereocenters. The van der Waals surface area contributed by atoms with Crippen LogP contribution in [0.2, 0.25) is 0 Å². The minimum Gasteiger partial charge on any atom is -0.374 e. The highest BCUT2D eigenvalue weighted by molar-refractivity contribution is 7.89. The molecule has 0 bridgehead atoms. The van der Waals surface area contributed by atoms with Crippen molar-refractivity contribution in [1.29, 1.82) is 0 Å². The first kappa shape index (κ1) is 19.9. The van der Waals surface area contributed by atoms with Crippen LogP contribution in [0.3, 0.4) is 0 Å². The summed E-state index contributed by atoms with van der Waals surface area (Å²) >= 11 is 0. The number of aryl methyl sites for hydroxylation is 2. The van der Waals surface area contributed by atoms with Gasteiger partial charge in [-0.25, -0.2) is 12.7 Å². The fraction of sp³-hybridized carbons (Fsp3) is 0.316. The van der Waals surface area contributed by atoms with Gasteiger partial charge in [-0.3, -0.25) is 4.79 Å². The third kappa shape index (κ3) is 4.62. The number of carbonyl (C=O) groups excluding carboxylic acids is 1. The van der Waals surface area contributed by atoms with Crippen molar-refractivity contribution in [3.05, 3.63) is 53.6 Å². The lowest BCUT2D eigenvalue weighted by atomic mass is 10.1. The van der Waals surface area contributed by atoms with E-state index < -0.39 is 16.1 Å². The van der Waals surface area contributed by atoms with Crippen molar-refractivity contribution in [2.45, 2.75) is 31.7 Å². The summed E-state index contributed by atoms with van der Waals surface area (Å²) in [6.07, 6.45) is 0. The molecule has 6 nitrogen and oxygen atoms in total. The van der Waals surface area contributed by atoms with Crippen LogP contribution < -0.4 is 10.6 Å². The zero-order chi connectivity index (χ0) is 19.5. The van der Waals surface area contributed by atoms with Crippen LogP contribution >= 0.6 is 0 Å². The molecule has 1 amide bonds. The standard InChI is InChI=1S/C19H25N3O3S/c1-13-9-10-14(2)18(11-13)20-15(3)19(23)21-16-7-6-8-17(12-16)26(24,25)22(4)5/h6-12,15,20H,1-5H3,(H,21,23). The molecule has 0 heterocycles.